The monoisotopic (exact) mass is 380 g/mol. The van der Waals surface area contributed by atoms with Crippen LogP contribution in [0.15, 0.2) is 12.2 Å². The van der Waals surface area contributed by atoms with E-state index in [-0.39, 0.29) is 37.3 Å². The van der Waals surface area contributed by atoms with E-state index in [1.165, 1.54) is 0 Å². The number of ketones is 2. The van der Waals surface area contributed by atoms with Gasteiger partial charge >= 0.3 is 0 Å². The summed E-state index contributed by atoms with van der Waals surface area (Å²) in [4.78, 5) is 23.0. The summed E-state index contributed by atoms with van der Waals surface area (Å²) in [6, 6.07) is 0. The maximum atomic E-state index is 12.1. The van der Waals surface area contributed by atoms with Crippen molar-refractivity contribution in [2.45, 2.75) is 64.1 Å². The predicted octanol–water partition coefficient (Wildman–Crippen LogP) is 1.41. The Balaban J connectivity index is 2.54. The Labute approximate surface area is 161 Å². The average molecular weight is 380 g/mol. The molecule has 0 aromatic rings. The molecule has 4 atom stereocenters. The fourth-order valence-electron chi connectivity index (χ4n) is 3.12. The Morgan fingerprint density at radius 1 is 1.41 bits per heavy atom. The van der Waals surface area contributed by atoms with Crippen molar-refractivity contribution in [1.29, 1.82) is 0 Å². The number of carbonyl (C=O) groups excluding carboxylic acids is 2. The topological polar surface area (TPSA) is 104 Å². The van der Waals surface area contributed by atoms with Gasteiger partial charge in [-0.05, 0) is 19.8 Å². The lowest BCUT2D eigenvalue weighted by Gasteiger charge is -2.22. The Morgan fingerprint density at radius 2 is 2.15 bits per heavy atom. The van der Waals surface area contributed by atoms with Crippen LogP contribution in [0.25, 0.3) is 0 Å². The molecule has 0 aliphatic heterocycles. The lowest BCUT2D eigenvalue weighted by atomic mass is 9.89. The second kappa shape index (κ2) is 12.0. The van der Waals surface area contributed by atoms with Crippen LogP contribution in [-0.2, 0) is 14.3 Å². The van der Waals surface area contributed by atoms with Gasteiger partial charge in [0.1, 0.15) is 25.6 Å². The number of Topliss-reactive ketones (excluding diaryl/α,β-unsaturated/α-hetero) is 2. The first kappa shape index (κ1) is 23.5. The number of hydrogen-bond donors (Lipinski definition) is 3. The third-order valence-corrected chi connectivity index (χ3v) is 4.78. The molecule has 0 spiro atoms. The van der Waals surface area contributed by atoms with Crippen LogP contribution in [0, 0.1) is 23.7 Å². The van der Waals surface area contributed by atoms with Gasteiger partial charge in [-0.2, -0.15) is 0 Å². The number of hydrogen-bond acceptors (Lipinski definition) is 6. The second-order valence-electron chi connectivity index (χ2n) is 7.40. The van der Waals surface area contributed by atoms with Gasteiger partial charge < -0.3 is 20.1 Å². The fraction of sp³-hybridized carbons (Fsp3) is 0.714. The molecule has 0 aromatic carbocycles. The van der Waals surface area contributed by atoms with E-state index in [4.69, 9.17) is 9.84 Å². The molecule has 2 unspecified atom stereocenters. The van der Waals surface area contributed by atoms with E-state index < -0.39 is 24.1 Å². The Bertz CT molecular complexity index is 569. The number of aliphatic hydroxyl groups excluding tert-OH is 2. The van der Waals surface area contributed by atoms with Gasteiger partial charge in [-0.3, -0.25) is 9.59 Å². The summed E-state index contributed by atoms with van der Waals surface area (Å²) < 4.78 is 5.00. The van der Waals surface area contributed by atoms with E-state index in [0.29, 0.717) is 19.3 Å². The van der Waals surface area contributed by atoms with Crippen molar-refractivity contribution in [2.24, 2.45) is 11.8 Å². The molecule has 1 aliphatic rings. The Morgan fingerprint density at radius 3 is 2.81 bits per heavy atom. The summed E-state index contributed by atoms with van der Waals surface area (Å²) in [5.41, 5.74) is -0.779. The van der Waals surface area contributed by atoms with Gasteiger partial charge in [0.25, 0.3) is 0 Å². The first-order valence-electron chi connectivity index (χ1n) is 9.56. The molecule has 1 fully saturated rings. The number of rotatable bonds is 11. The van der Waals surface area contributed by atoms with Crippen LogP contribution >= 0.6 is 0 Å². The van der Waals surface area contributed by atoms with Crippen molar-refractivity contribution >= 4 is 11.6 Å². The van der Waals surface area contributed by atoms with Gasteiger partial charge in [0.2, 0.25) is 0 Å². The van der Waals surface area contributed by atoms with E-state index in [9.17, 15) is 19.8 Å². The molecule has 3 N–H and O–H groups in total. The number of unbranched alkanes of at least 4 members (excludes halogenated alkanes) is 1. The third-order valence-electron chi connectivity index (χ3n) is 4.78. The van der Waals surface area contributed by atoms with Gasteiger partial charge in [0.15, 0.2) is 5.78 Å². The average Bonchev–Trinajstić information content (AvgIpc) is 2.89. The number of aliphatic hydroxyl groups is 3. The molecule has 0 bridgehead atoms. The van der Waals surface area contributed by atoms with Crippen molar-refractivity contribution in [2.75, 3.05) is 19.8 Å². The highest BCUT2D eigenvalue weighted by Gasteiger charge is 2.39. The maximum Gasteiger partial charge on any atom is 0.183 e. The van der Waals surface area contributed by atoms with Crippen molar-refractivity contribution in [3.63, 3.8) is 0 Å². The summed E-state index contributed by atoms with van der Waals surface area (Å²) >= 11 is 0. The molecule has 0 amide bonds. The van der Waals surface area contributed by atoms with Gasteiger partial charge in [-0.1, -0.05) is 37.8 Å². The van der Waals surface area contributed by atoms with Crippen LogP contribution in [0.4, 0.5) is 0 Å². The zero-order valence-electron chi connectivity index (χ0n) is 16.3. The molecule has 152 valence electrons. The molecular weight excluding hydrogens is 348 g/mol. The van der Waals surface area contributed by atoms with Crippen LogP contribution in [0.2, 0.25) is 0 Å². The molecule has 1 saturated carbocycles. The maximum absolute atomic E-state index is 12.1. The second-order valence-corrected chi connectivity index (χ2v) is 7.40. The van der Waals surface area contributed by atoms with Gasteiger partial charge in [-0.15, -0.1) is 5.92 Å². The standard InChI is InChI=1S/C21H32O6/c1-3-4-10-21(2,26)11-7-9-18-17(19(24)13-20(18)25)8-5-6-12-27-15-16(23)14-22/h7,9,17-18,20,22,25-26H,3-4,8,10-15H2,1-2H3/b9-7+/t17?,18-,20-,21?/m0/s1. The lowest BCUT2D eigenvalue weighted by Crippen LogP contribution is -2.23. The molecule has 0 radical (unpaired) electrons. The van der Waals surface area contributed by atoms with Crippen molar-refractivity contribution in [3.8, 4) is 11.8 Å². The molecule has 6 nitrogen and oxygen atoms in total. The largest absolute Gasteiger partial charge is 0.392 e. The van der Waals surface area contributed by atoms with Crippen LogP contribution in [0.1, 0.15) is 52.4 Å². The highest BCUT2D eigenvalue weighted by Crippen LogP contribution is 2.33. The smallest absolute Gasteiger partial charge is 0.183 e. The van der Waals surface area contributed by atoms with Gasteiger partial charge in [0, 0.05) is 24.7 Å². The van der Waals surface area contributed by atoms with Crippen LogP contribution < -0.4 is 0 Å². The van der Waals surface area contributed by atoms with E-state index in [2.05, 4.69) is 18.8 Å². The SMILES string of the molecule is CCCCC(C)(O)C/C=C/[C@H]1C(CC#CCOCC(=O)CO)C(=O)C[C@@H]1O. The molecule has 1 rings (SSSR count). The van der Waals surface area contributed by atoms with Crippen LogP contribution in [0.5, 0.6) is 0 Å². The van der Waals surface area contributed by atoms with Crippen molar-refractivity contribution in [3.05, 3.63) is 12.2 Å². The van der Waals surface area contributed by atoms with Crippen molar-refractivity contribution in [1.82, 2.24) is 0 Å². The molecule has 0 aromatic heterocycles. The highest BCUT2D eigenvalue weighted by molar-refractivity contribution is 5.85. The summed E-state index contributed by atoms with van der Waals surface area (Å²) in [6.45, 7) is 3.19. The normalized spacial score (nSPS) is 24.6. The Hall–Kier alpha value is -1.52. The molecule has 27 heavy (non-hydrogen) atoms. The number of carbonyl (C=O) groups is 2. The van der Waals surface area contributed by atoms with E-state index in [1.807, 2.05) is 12.2 Å². The summed E-state index contributed by atoms with van der Waals surface area (Å²) in [5.74, 6) is 4.52. The summed E-state index contributed by atoms with van der Waals surface area (Å²) in [6.07, 6.45) is 6.57. The van der Waals surface area contributed by atoms with Crippen molar-refractivity contribution < 1.29 is 29.6 Å². The predicted molar refractivity (Wildman–Crippen MR) is 102 cm³/mol. The summed E-state index contributed by atoms with van der Waals surface area (Å²) in [7, 11) is 0. The lowest BCUT2D eigenvalue weighted by molar-refractivity contribution is -0.125. The fourth-order valence-corrected chi connectivity index (χ4v) is 3.12. The third kappa shape index (κ3) is 8.81. The van der Waals surface area contributed by atoms with E-state index in [1.54, 1.807) is 6.92 Å². The minimum Gasteiger partial charge on any atom is -0.392 e. The van der Waals surface area contributed by atoms with Gasteiger partial charge in [0.05, 0.1) is 11.7 Å². The van der Waals surface area contributed by atoms with E-state index >= 15 is 0 Å². The minimum absolute atomic E-state index is 0.0134. The quantitative estimate of drug-likeness (QED) is 0.284. The van der Waals surface area contributed by atoms with Crippen LogP contribution in [0.3, 0.4) is 0 Å². The molecule has 6 heteroatoms. The zero-order valence-corrected chi connectivity index (χ0v) is 16.3. The molecule has 0 saturated heterocycles. The summed E-state index contributed by atoms with van der Waals surface area (Å²) in [5, 5.41) is 29.1. The number of ether oxygens (including phenoxy) is 1. The van der Waals surface area contributed by atoms with Crippen LogP contribution in [-0.4, -0.2) is 58.4 Å². The minimum atomic E-state index is -0.779. The first-order chi connectivity index (χ1) is 12.8. The zero-order chi connectivity index (χ0) is 20.3. The highest BCUT2D eigenvalue weighted by atomic mass is 16.5. The molecule has 0 heterocycles. The van der Waals surface area contributed by atoms with Gasteiger partial charge in [-0.25, -0.2) is 0 Å². The molecular formula is C21H32O6. The first-order valence-corrected chi connectivity index (χ1v) is 9.56. The Kier molecular flexibility index (Phi) is 10.5. The van der Waals surface area contributed by atoms with E-state index in [0.717, 1.165) is 12.8 Å². The molecule has 1 aliphatic carbocycles.